The van der Waals surface area contributed by atoms with Gasteiger partial charge in [-0.15, -0.1) is 0 Å². The zero-order chi connectivity index (χ0) is 15.6. The molecule has 0 bridgehead atoms. The number of nitrogens with one attached hydrogen (secondary N) is 1. The molecule has 2 aromatic rings. The zero-order valence-corrected chi connectivity index (χ0v) is 14.7. The summed E-state index contributed by atoms with van der Waals surface area (Å²) in [5, 5.41) is 4.55. The summed E-state index contributed by atoms with van der Waals surface area (Å²) in [5.41, 5.74) is 2.05. The van der Waals surface area contributed by atoms with E-state index in [0.29, 0.717) is 10.0 Å². The molecule has 2 aromatic carbocycles. The molecular formula is C16H15BrCl2FN. The molecule has 2 rings (SSSR count). The number of hydrogen-bond acceptors (Lipinski definition) is 1. The van der Waals surface area contributed by atoms with Gasteiger partial charge in [0, 0.05) is 16.6 Å². The molecule has 1 N–H and O–H groups in total. The van der Waals surface area contributed by atoms with Crippen LogP contribution >= 0.6 is 39.1 Å². The molecule has 112 valence electrons. The Morgan fingerprint density at radius 1 is 1.00 bits per heavy atom. The van der Waals surface area contributed by atoms with Crippen LogP contribution in [0.5, 0.6) is 0 Å². The van der Waals surface area contributed by atoms with Gasteiger partial charge < -0.3 is 5.32 Å². The Morgan fingerprint density at radius 2 is 1.71 bits per heavy atom. The molecule has 0 aromatic heterocycles. The molecule has 0 fully saturated rings. The highest BCUT2D eigenvalue weighted by Gasteiger charge is 2.14. The standard InChI is InChI=1S/C16H15BrCl2FN/c1-9(11-3-6-15(18)16(19)7-11)21-10(2)13-5-4-12(20)8-14(13)17/h3-10,21H,1-2H3. The van der Waals surface area contributed by atoms with E-state index in [4.69, 9.17) is 23.2 Å². The highest BCUT2D eigenvalue weighted by Crippen LogP contribution is 2.29. The predicted molar refractivity (Wildman–Crippen MR) is 90.5 cm³/mol. The molecule has 0 aliphatic carbocycles. The van der Waals surface area contributed by atoms with E-state index in [2.05, 4.69) is 21.2 Å². The van der Waals surface area contributed by atoms with Crippen molar-refractivity contribution in [2.24, 2.45) is 0 Å². The fourth-order valence-corrected chi connectivity index (χ4v) is 3.20. The Hall–Kier alpha value is -0.610. The van der Waals surface area contributed by atoms with Crippen molar-refractivity contribution in [3.8, 4) is 0 Å². The molecular weight excluding hydrogens is 376 g/mol. The normalized spacial score (nSPS) is 14.0. The number of benzene rings is 2. The van der Waals surface area contributed by atoms with Crippen LogP contribution in [0.25, 0.3) is 0 Å². The SMILES string of the molecule is CC(NC(C)c1ccc(F)cc1Br)c1ccc(Cl)c(Cl)c1. The van der Waals surface area contributed by atoms with Crippen LogP contribution in [-0.4, -0.2) is 0 Å². The lowest BCUT2D eigenvalue weighted by Crippen LogP contribution is -2.22. The van der Waals surface area contributed by atoms with Gasteiger partial charge in [-0.2, -0.15) is 0 Å². The molecule has 0 saturated heterocycles. The smallest absolute Gasteiger partial charge is 0.124 e. The molecule has 1 nitrogen and oxygen atoms in total. The highest BCUT2D eigenvalue weighted by molar-refractivity contribution is 9.10. The largest absolute Gasteiger partial charge is 0.304 e. The van der Waals surface area contributed by atoms with Crippen molar-refractivity contribution in [3.05, 3.63) is 67.9 Å². The van der Waals surface area contributed by atoms with Crippen LogP contribution in [0.1, 0.15) is 37.1 Å². The molecule has 5 heteroatoms. The molecule has 21 heavy (non-hydrogen) atoms. The van der Waals surface area contributed by atoms with Gasteiger partial charge in [-0.25, -0.2) is 4.39 Å². The topological polar surface area (TPSA) is 12.0 Å². The van der Waals surface area contributed by atoms with E-state index in [1.165, 1.54) is 12.1 Å². The number of rotatable bonds is 4. The van der Waals surface area contributed by atoms with Gasteiger partial charge in [0.05, 0.1) is 10.0 Å². The van der Waals surface area contributed by atoms with E-state index in [1.807, 2.05) is 26.0 Å². The lowest BCUT2D eigenvalue weighted by Gasteiger charge is -2.22. The molecule has 0 amide bonds. The van der Waals surface area contributed by atoms with Crippen LogP contribution in [0.3, 0.4) is 0 Å². The molecule has 0 aliphatic heterocycles. The maximum Gasteiger partial charge on any atom is 0.124 e. The van der Waals surface area contributed by atoms with Crippen molar-refractivity contribution in [1.82, 2.24) is 5.32 Å². The Bertz CT molecular complexity index is 648. The Balaban J connectivity index is 2.14. The van der Waals surface area contributed by atoms with Crippen molar-refractivity contribution in [1.29, 1.82) is 0 Å². The molecule has 0 radical (unpaired) electrons. The molecule has 2 atom stereocenters. The third-order valence-electron chi connectivity index (χ3n) is 3.37. The summed E-state index contributed by atoms with van der Waals surface area (Å²) in [6.45, 7) is 4.08. The zero-order valence-electron chi connectivity index (χ0n) is 11.6. The van der Waals surface area contributed by atoms with Crippen LogP contribution < -0.4 is 5.32 Å². The van der Waals surface area contributed by atoms with Crippen LogP contribution in [0.4, 0.5) is 4.39 Å². The quantitative estimate of drug-likeness (QED) is 0.645. The van der Waals surface area contributed by atoms with Gasteiger partial charge in [0.15, 0.2) is 0 Å². The van der Waals surface area contributed by atoms with Crippen LogP contribution in [-0.2, 0) is 0 Å². The summed E-state index contributed by atoms with van der Waals surface area (Å²) >= 11 is 15.4. The van der Waals surface area contributed by atoms with E-state index in [1.54, 1.807) is 12.1 Å². The van der Waals surface area contributed by atoms with Crippen molar-refractivity contribution in [3.63, 3.8) is 0 Å². The maximum atomic E-state index is 13.1. The number of halogens is 4. The van der Waals surface area contributed by atoms with Crippen LogP contribution in [0.15, 0.2) is 40.9 Å². The van der Waals surface area contributed by atoms with Gasteiger partial charge in [0.25, 0.3) is 0 Å². The van der Waals surface area contributed by atoms with Gasteiger partial charge >= 0.3 is 0 Å². The monoisotopic (exact) mass is 389 g/mol. The lowest BCUT2D eigenvalue weighted by atomic mass is 10.0. The van der Waals surface area contributed by atoms with Crippen molar-refractivity contribution >= 4 is 39.1 Å². The number of hydrogen-bond donors (Lipinski definition) is 1. The first-order valence-electron chi connectivity index (χ1n) is 6.54. The summed E-state index contributed by atoms with van der Waals surface area (Å²) in [7, 11) is 0. The molecule has 0 heterocycles. The molecule has 0 spiro atoms. The Morgan fingerprint density at radius 3 is 2.33 bits per heavy atom. The van der Waals surface area contributed by atoms with E-state index >= 15 is 0 Å². The second-order valence-corrected chi connectivity index (χ2v) is 6.62. The van der Waals surface area contributed by atoms with Crippen LogP contribution in [0, 0.1) is 5.82 Å². The lowest BCUT2D eigenvalue weighted by molar-refractivity contribution is 0.492. The maximum absolute atomic E-state index is 13.1. The Labute approximate surface area is 142 Å². The fraction of sp³-hybridized carbons (Fsp3) is 0.250. The van der Waals surface area contributed by atoms with Crippen molar-refractivity contribution < 1.29 is 4.39 Å². The van der Waals surface area contributed by atoms with Gasteiger partial charge in [-0.1, -0.05) is 51.3 Å². The molecule has 2 unspecified atom stereocenters. The summed E-state index contributed by atoms with van der Waals surface area (Å²) in [5.74, 6) is -0.254. The van der Waals surface area contributed by atoms with Gasteiger partial charge in [-0.3, -0.25) is 0 Å². The summed E-state index contributed by atoms with van der Waals surface area (Å²) in [4.78, 5) is 0. The minimum Gasteiger partial charge on any atom is -0.304 e. The second kappa shape index (κ2) is 7.10. The first-order valence-corrected chi connectivity index (χ1v) is 8.09. The van der Waals surface area contributed by atoms with E-state index in [9.17, 15) is 4.39 Å². The molecule has 0 saturated carbocycles. The van der Waals surface area contributed by atoms with Gasteiger partial charge in [0.1, 0.15) is 5.82 Å². The summed E-state index contributed by atoms with van der Waals surface area (Å²) in [6, 6.07) is 10.4. The first-order chi connectivity index (χ1) is 9.88. The average Bonchev–Trinajstić information content (AvgIpc) is 2.41. The third kappa shape index (κ3) is 4.19. The average molecular weight is 391 g/mol. The van der Waals surface area contributed by atoms with E-state index in [-0.39, 0.29) is 17.9 Å². The summed E-state index contributed by atoms with van der Waals surface area (Å²) < 4.78 is 13.9. The summed E-state index contributed by atoms with van der Waals surface area (Å²) in [6.07, 6.45) is 0. The van der Waals surface area contributed by atoms with Crippen molar-refractivity contribution in [2.45, 2.75) is 25.9 Å². The van der Waals surface area contributed by atoms with Crippen molar-refractivity contribution in [2.75, 3.05) is 0 Å². The van der Waals surface area contributed by atoms with E-state index in [0.717, 1.165) is 15.6 Å². The first kappa shape index (κ1) is 16.8. The van der Waals surface area contributed by atoms with Crippen LogP contribution in [0.2, 0.25) is 10.0 Å². The second-order valence-electron chi connectivity index (χ2n) is 4.95. The third-order valence-corrected chi connectivity index (χ3v) is 4.80. The van der Waals surface area contributed by atoms with E-state index < -0.39 is 0 Å². The Kier molecular flexibility index (Phi) is 5.67. The predicted octanol–water partition coefficient (Wildman–Crippen LogP) is 6.31. The van der Waals surface area contributed by atoms with Gasteiger partial charge in [0.2, 0.25) is 0 Å². The van der Waals surface area contributed by atoms with Gasteiger partial charge in [-0.05, 0) is 49.2 Å². The minimum atomic E-state index is -0.254. The minimum absolute atomic E-state index is 0.0597. The fourth-order valence-electron chi connectivity index (χ4n) is 2.20. The molecule has 0 aliphatic rings. The highest BCUT2D eigenvalue weighted by atomic mass is 79.9.